The van der Waals surface area contributed by atoms with Gasteiger partial charge in [0.25, 0.3) is 0 Å². The van der Waals surface area contributed by atoms with E-state index in [0.29, 0.717) is 18.7 Å². The number of carbonyl (C=O) groups excluding carboxylic acids is 1. The zero-order valence-corrected chi connectivity index (χ0v) is 14.0. The van der Waals surface area contributed by atoms with Gasteiger partial charge in [-0.1, -0.05) is 48.5 Å². The summed E-state index contributed by atoms with van der Waals surface area (Å²) in [5, 5.41) is 0. The minimum atomic E-state index is -0.438. The number of amides is 1. The molecule has 2 aromatic carbocycles. The fourth-order valence-electron chi connectivity index (χ4n) is 3.20. The van der Waals surface area contributed by atoms with Crippen LogP contribution in [0, 0.1) is 5.82 Å². The van der Waals surface area contributed by atoms with Crippen molar-refractivity contribution in [2.24, 2.45) is 0 Å². The Hall–Kier alpha value is -2.20. The number of hydrogen-bond acceptors (Lipinski definition) is 2. The van der Waals surface area contributed by atoms with Gasteiger partial charge in [0.05, 0.1) is 5.92 Å². The van der Waals surface area contributed by atoms with E-state index in [9.17, 15) is 9.18 Å². The summed E-state index contributed by atoms with van der Waals surface area (Å²) in [5.74, 6) is -0.729. The van der Waals surface area contributed by atoms with Crippen molar-refractivity contribution in [2.75, 3.05) is 26.2 Å². The molecule has 0 radical (unpaired) electrons. The summed E-state index contributed by atoms with van der Waals surface area (Å²) in [4.78, 5) is 16.9. The van der Waals surface area contributed by atoms with Crippen molar-refractivity contribution >= 4 is 5.91 Å². The number of carbonyl (C=O) groups is 1. The van der Waals surface area contributed by atoms with Gasteiger partial charge in [-0.3, -0.25) is 9.69 Å². The van der Waals surface area contributed by atoms with Crippen LogP contribution in [0.4, 0.5) is 4.39 Å². The van der Waals surface area contributed by atoms with Crippen molar-refractivity contribution in [3.8, 4) is 0 Å². The van der Waals surface area contributed by atoms with Gasteiger partial charge in [-0.05, 0) is 24.1 Å². The van der Waals surface area contributed by atoms with Crippen LogP contribution in [0.2, 0.25) is 0 Å². The Kier molecular flexibility index (Phi) is 5.26. The molecule has 1 fully saturated rings. The number of benzene rings is 2. The van der Waals surface area contributed by atoms with Crippen LogP contribution in [-0.4, -0.2) is 41.9 Å². The van der Waals surface area contributed by atoms with Crippen LogP contribution in [0.3, 0.4) is 0 Å². The van der Waals surface area contributed by atoms with Gasteiger partial charge in [-0.25, -0.2) is 4.39 Å². The Labute approximate surface area is 142 Å². The third-order valence-electron chi connectivity index (χ3n) is 4.68. The molecular formula is C20H23FN2O. The lowest BCUT2D eigenvalue weighted by Crippen LogP contribution is -2.49. The minimum absolute atomic E-state index is 0.0134. The molecule has 0 aliphatic carbocycles. The summed E-state index contributed by atoms with van der Waals surface area (Å²) < 4.78 is 13.9. The molecule has 3 rings (SSSR count). The third kappa shape index (κ3) is 3.82. The first-order valence-electron chi connectivity index (χ1n) is 8.44. The minimum Gasteiger partial charge on any atom is -0.340 e. The highest BCUT2D eigenvalue weighted by Crippen LogP contribution is 2.22. The summed E-state index contributed by atoms with van der Waals surface area (Å²) in [6.45, 7) is 5.80. The SMILES string of the molecule is CC(C(=O)N1CCN(Cc2ccccc2)CC1)c1ccccc1F. The van der Waals surface area contributed by atoms with Gasteiger partial charge in [-0.15, -0.1) is 0 Å². The summed E-state index contributed by atoms with van der Waals surface area (Å²) >= 11 is 0. The molecule has 1 atom stereocenters. The molecule has 0 N–H and O–H groups in total. The van der Waals surface area contributed by atoms with Gasteiger partial charge in [0.1, 0.15) is 5.82 Å². The molecule has 1 unspecified atom stereocenters. The number of rotatable bonds is 4. The fourth-order valence-corrected chi connectivity index (χ4v) is 3.20. The standard InChI is InChI=1S/C20H23FN2O/c1-16(18-9-5-6-10-19(18)21)20(24)23-13-11-22(12-14-23)15-17-7-3-2-4-8-17/h2-10,16H,11-15H2,1H3. The van der Waals surface area contributed by atoms with Crippen LogP contribution in [0.15, 0.2) is 54.6 Å². The highest BCUT2D eigenvalue weighted by atomic mass is 19.1. The lowest BCUT2D eigenvalue weighted by Gasteiger charge is -2.36. The molecule has 1 heterocycles. The molecular weight excluding hydrogens is 303 g/mol. The first-order valence-corrected chi connectivity index (χ1v) is 8.44. The topological polar surface area (TPSA) is 23.6 Å². The molecule has 3 nitrogen and oxygen atoms in total. The van der Waals surface area contributed by atoms with Crippen molar-refractivity contribution in [3.05, 3.63) is 71.5 Å². The average molecular weight is 326 g/mol. The van der Waals surface area contributed by atoms with E-state index in [0.717, 1.165) is 19.6 Å². The predicted octanol–water partition coefficient (Wildman–Crippen LogP) is 3.27. The molecule has 1 aliphatic rings. The molecule has 126 valence electrons. The number of hydrogen-bond donors (Lipinski definition) is 0. The Morgan fingerprint density at radius 2 is 1.62 bits per heavy atom. The highest BCUT2D eigenvalue weighted by molar-refractivity contribution is 5.83. The van der Waals surface area contributed by atoms with E-state index < -0.39 is 5.92 Å². The number of nitrogens with zero attached hydrogens (tertiary/aromatic N) is 2. The number of piperazine rings is 1. The summed E-state index contributed by atoms with van der Waals surface area (Å²) in [6.07, 6.45) is 0. The largest absolute Gasteiger partial charge is 0.340 e. The van der Waals surface area contributed by atoms with Crippen molar-refractivity contribution in [1.82, 2.24) is 9.80 Å². The van der Waals surface area contributed by atoms with Gasteiger partial charge >= 0.3 is 0 Å². The molecule has 1 aliphatic heterocycles. The summed E-state index contributed by atoms with van der Waals surface area (Å²) in [5.41, 5.74) is 1.77. The molecule has 4 heteroatoms. The van der Waals surface area contributed by atoms with E-state index in [2.05, 4.69) is 17.0 Å². The molecule has 0 aromatic heterocycles. The maximum absolute atomic E-state index is 13.9. The summed E-state index contributed by atoms with van der Waals surface area (Å²) in [7, 11) is 0. The molecule has 0 bridgehead atoms. The van der Waals surface area contributed by atoms with Crippen molar-refractivity contribution in [2.45, 2.75) is 19.4 Å². The van der Waals surface area contributed by atoms with Crippen molar-refractivity contribution in [3.63, 3.8) is 0 Å². The zero-order valence-electron chi connectivity index (χ0n) is 14.0. The molecule has 24 heavy (non-hydrogen) atoms. The van der Waals surface area contributed by atoms with E-state index >= 15 is 0 Å². The van der Waals surface area contributed by atoms with Gasteiger partial charge < -0.3 is 4.90 Å². The van der Waals surface area contributed by atoms with Crippen molar-refractivity contribution in [1.29, 1.82) is 0 Å². The van der Waals surface area contributed by atoms with Crippen molar-refractivity contribution < 1.29 is 9.18 Å². The Morgan fingerprint density at radius 1 is 1.00 bits per heavy atom. The lowest BCUT2D eigenvalue weighted by atomic mass is 9.98. The average Bonchev–Trinajstić information content (AvgIpc) is 2.62. The normalized spacial score (nSPS) is 16.8. The van der Waals surface area contributed by atoms with Crippen LogP contribution in [0.5, 0.6) is 0 Å². The fraction of sp³-hybridized carbons (Fsp3) is 0.350. The third-order valence-corrected chi connectivity index (χ3v) is 4.68. The van der Waals surface area contributed by atoms with E-state index in [4.69, 9.17) is 0 Å². The smallest absolute Gasteiger partial charge is 0.230 e. The molecule has 0 saturated carbocycles. The molecule has 0 spiro atoms. The Balaban J connectivity index is 1.56. The van der Waals surface area contributed by atoms with E-state index in [-0.39, 0.29) is 11.7 Å². The molecule has 2 aromatic rings. The van der Waals surface area contributed by atoms with Gasteiger partial charge in [-0.2, -0.15) is 0 Å². The van der Waals surface area contributed by atoms with Crippen LogP contribution in [0.25, 0.3) is 0 Å². The van der Waals surface area contributed by atoms with E-state index in [1.165, 1.54) is 11.6 Å². The van der Waals surface area contributed by atoms with Crippen LogP contribution in [-0.2, 0) is 11.3 Å². The second-order valence-electron chi connectivity index (χ2n) is 6.33. The quantitative estimate of drug-likeness (QED) is 0.861. The van der Waals surface area contributed by atoms with Crippen LogP contribution >= 0.6 is 0 Å². The highest BCUT2D eigenvalue weighted by Gasteiger charge is 2.27. The van der Waals surface area contributed by atoms with E-state index in [1.807, 2.05) is 23.1 Å². The second kappa shape index (κ2) is 7.58. The van der Waals surface area contributed by atoms with Gasteiger partial charge in [0, 0.05) is 32.7 Å². The first-order chi connectivity index (χ1) is 11.6. The van der Waals surface area contributed by atoms with Gasteiger partial charge in [0.15, 0.2) is 0 Å². The van der Waals surface area contributed by atoms with Gasteiger partial charge in [0.2, 0.25) is 5.91 Å². The maximum atomic E-state index is 13.9. The number of halogens is 1. The first kappa shape index (κ1) is 16.7. The lowest BCUT2D eigenvalue weighted by molar-refractivity contribution is -0.134. The summed E-state index contributed by atoms with van der Waals surface area (Å²) in [6, 6.07) is 16.9. The van der Waals surface area contributed by atoms with Crippen LogP contribution < -0.4 is 0 Å². The maximum Gasteiger partial charge on any atom is 0.230 e. The van der Waals surface area contributed by atoms with E-state index in [1.54, 1.807) is 25.1 Å². The molecule has 1 amide bonds. The Bertz CT molecular complexity index is 681. The Morgan fingerprint density at radius 3 is 2.29 bits per heavy atom. The van der Waals surface area contributed by atoms with Crippen LogP contribution in [0.1, 0.15) is 24.0 Å². The zero-order chi connectivity index (χ0) is 16.9. The predicted molar refractivity (Wildman–Crippen MR) is 93.1 cm³/mol. The molecule has 1 saturated heterocycles. The monoisotopic (exact) mass is 326 g/mol. The second-order valence-corrected chi connectivity index (χ2v) is 6.33.